The van der Waals surface area contributed by atoms with Crippen molar-refractivity contribution in [3.05, 3.63) is 97.4 Å². The van der Waals surface area contributed by atoms with Crippen molar-refractivity contribution in [1.29, 1.82) is 0 Å². The zero-order chi connectivity index (χ0) is 41.3. The molecule has 0 radical (unpaired) electrons. The number of benzene rings is 2. The van der Waals surface area contributed by atoms with Crippen LogP contribution in [-0.2, 0) is 9.47 Å². The molecule has 1 saturated carbocycles. The first kappa shape index (κ1) is 40.2. The van der Waals surface area contributed by atoms with Gasteiger partial charge in [0.15, 0.2) is 0 Å². The van der Waals surface area contributed by atoms with E-state index in [1.54, 1.807) is 26.6 Å². The Balaban J connectivity index is 0.953. The number of pyridine rings is 2. The van der Waals surface area contributed by atoms with E-state index in [-0.39, 0.29) is 24.2 Å². The number of piperidine rings is 6. The number of methoxy groups -OCH3 is 2. The Bertz CT molecular complexity index is 2080. The number of ether oxygens (including phenoxy) is 4. The van der Waals surface area contributed by atoms with E-state index >= 15 is 0 Å². The lowest BCUT2D eigenvalue weighted by Crippen LogP contribution is -2.57. The summed E-state index contributed by atoms with van der Waals surface area (Å²) in [6.45, 7) is 11.9. The summed E-state index contributed by atoms with van der Waals surface area (Å²) in [5, 5.41) is 8.24. The molecule has 2 unspecified atom stereocenters. The first-order chi connectivity index (χ1) is 29.3. The van der Waals surface area contributed by atoms with E-state index in [4.69, 9.17) is 18.9 Å². The molecule has 2 aromatic carbocycles. The van der Waals surface area contributed by atoms with Crippen LogP contribution >= 0.6 is 0 Å². The van der Waals surface area contributed by atoms with Crippen LogP contribution in [0.2, 0.25) is 0 Å². The van der Waals surface area contributed by atoms with E-state index in [1.807, 2.05) is 48.5 Å². The monoisotopic (exact) mass is 814 g/mol. The SMILES string of the molecule is C=C[C@H]1CN2CC[C@H]1C[C@@H]2[C@@H](OC(=O)N[C@@H]1CCCC[C@H]1NC(=O)O[C@@H](c1ccnc2ccc(OC)cc12)[C@H]1C[C@@H]2CCN1C[C@@H]2C=C)c1ccnc2ccc(OC)cc12. The van der Waals surface area contributed by atoms with Gasteiger partial charge in [-0.15, -0.1) is 13.2 Å². The fourth-order valence-electron chi connectivity index (χ4n) is 11.2. The Kier molecular flexibility index (Phi) is 11.7. The summed E-state index contributed by atoms with van der Waals surface area (Å²) >= 11 is 0. The number of rotatable bonds is 12. The minimum atomic E-state index is -0.549. The van der Waals surface area contributed by atoms with Gasteiger partial charge in [0.2, 0.25) is 0 Å². The number of amides is 2. The summed E-state index contributed by atoms with van der Waals surface area (Å²) in [6, 6.07) is 14.9. The normalized spacial score (nSPS) is 30.5. The van der Waals surface area contributed by atoms with E-state index in [0.29, 0.717) is 48.0 Å². The molecule has 7 aliphatic rings. The molecule has 2 aromatic heterocycles. The van der Waals surface area contributed by atoms with Crippen molar-refractivity contribution in [2.75, 3.05) is 40.4 Å². The van der Waals surface area contributed by atoms with Crippen LogP contribution in [-0.4, -0.2) is 96.5 Å². The molecule has 2 N–H and O–H groups in total. The summed E-state index contributed by atoms with van der Waals surface area (Å²) < 4.78 is 24.4. The highest BCUT2D eigenvalue weighted by atomic mass is 16.6. The van der Waals surface area contributed by atoms with Crippen LogP contribution in [0.3, 0.4) is 0 Å². The van der Waals surface area contributed by atoms with E-state index in [9.17, 15) is 9.59 Å². The van der Waals surface area contributed by atoms with Crippen molar-refractivity contribution in [2.24, 2.45) is 23.7 Å². The summed E-state index contributed by atoms with van der Waals surface area (Å²) in [6.07, 6.45) is 12.9. The molecule has 2 amide bonds. The average Bonchev–Trinajstić information content (AvgIpc) is 3.30. The number of nitrogens with one attached hydrogen (secondary N) is 2. The van der Waals surface area contributed by atoms with Crippen LogP contribution in [0.4, 0.5) is 9.59 Å². The van der Waals surface area contributed by atoms with Gasteiger partial charge < -0.3 is 29.6 Å². The van der Waals surface area contributed by atoms with Gasteiger partial charge in [-0.1, -0.05) is 25.0 Å². The molecule has 1 aliphatic carbocycles. The second-order valence-corrected chi connectivity index (χ2v) is 17.5. The number of carbonyl (C=O) groups is 2. The second-order valence-electron chi connectivity index (χ2n) is 17.5. The molecular formula is C48H58N6O6. The maximum Gasteiger partial charge on any atom is 0.408 e. The van der Waals surface area contributed by atoms with Gasteiger partial charge in [-0.3, -0.25) is 19.8 Å². The molecule has 4 aromatic rings. The summed E-state index contributed by atoms with van der Waals surface area (Å²) in [4.78, 5) is 42.7. The lowest BCUT2D eigenvalue weighted by atomic mass is 9.73. The number of aromatic nitrogens is 2. The lowest BCUT2D eigenvalue weighted by molar-refractivity contribution is -0.0518. The van der Waals surface area contributed by atoms with Crippen LogP contribution in [0.25, 0.3) is 21.8 Å². The number of alkyl carbamates (subject to hydrolysis) is 2. The molecular weight excluding hydrogens is 757 g/mol. The minimum Gasteiger partial charge on any atom is -0.497 e. The van der Waals surface area contributed by atoms with Crippen LogP contribution in [0.15, 0.2) is 86.2 Å². The molecule has 6 aliphatic heterocycles. The van der Waals surface area contributed by atoms with Gasteiger partial charge in [0.05, 0.1) is 49.4 Å². The first-order valence-electron chi connectivity index (χ1n) is 21.9. The number of nitrogens with zero attached hydrogens (tertiary/aromatic N) is 4. The zero-order valence-electron chi connectivity index (χ0n) is 34.8. The molecule has 60 heavy (non-hydrogen) atoms. The number of carbonyl (C=O) groups excluding carboxylic acids is 2. The van der Waals surface area contributed by atoms with Crippen LogP contribution in [0.5, 0.6) is 11.5 Å². The number of hydrogen-bond donors (Lipinski definition) is 2. The Morgan fingerprint density at radius 2 is 1.13 bits per heavy atom. The van der Waals surface area contributed by atoms with Crippen molar-refractivity contribution in [2.45, 2.75) is 87.7 Å². The summed E-state index contributed by atoms with van der Waals surface area (Å²) in [5.74, 6) is 3.23. The van der Waals surface area contributed by atoms with Crippen molar-refractivity contribution < 1.29 is 28.5 Å². The van der Waals surface area contributed by atoms with Gasteiger partial charge in [0, 0.05) is 47.4 Å². The maximum atomic E-state index is 14.2. The largest absolute Gasteiger partial charge is 0.497 e. The molecule has 11 rings (SSSR count). The topological polar surface area (TPSA) is 127 Å². The van der Waals surface area contributed by atoms with Crippen LogP contribution in [0, 0.1) is 23.7 Å². The third-order valence-corrected chi connectivity index (χ3v) is 14.4. The predicted octanol–water partition coefficient (Wildman–Crippen LogP) is 8.14. The maximum absolute atomic E-state index is 14.2. The van der Waals surface area contributed by atoms with Crippen molar-refractivity contribution in [1.82, 2.24) is 30.4 Å². The van der Waals surface area contributed by atoms with Gasteiger partial charge in [-0.2, -0.15) is 0 Å². The van der Waals surface area contributed by atoms with Crippen molar-refractivity contribution in [3.63, 3.8) is 0 Å². The molecule has 4 bridgehead atoms. The van der Waals surface area contributed by atoms with Crippen molar-refractivity contribution >= 4 is 34.0 Å². The van der Waals surface area contributed by atoms with Crippen molar-refractivity contribution in [3.8, 4) is 11.5 Å². The van der Waals surface area contributed by atoms with E-state index in [0.717, 1.165) is 97.6 Å². The number of hydrogen-bond acceptors (Lipinski definition) is 10. The average molecular weight is 815 g/mol. The minimum absolute atomic E-state index is 0.00789. The molecule has 12 heteroatoms. The Hall–Kier alpha value is -5.20. The Labute approximate surface area is 352 Å². The summed E-state index contributed by atoms with van der Waals surface area (Å²) in [7, 11) is 3.30. The van der Waals surface area contributed by atoms with Gasteiger partial charge in [0.25, 0.3) is 0 Å². The molecule has 12 atom stereocenters. The summed E-state index contributed by atoms with van der Waals surface area (Å²) in [5.41, 5.74) is 3.44. The first-order valence-corrected chi connectivity index (χ1v) is 21.9. The highest BCUT2D eigenvalue weighted by Gasteiger charge is 2.46. The Morgan fingerprint density at radius 3 is 1.52 bits per heavy atom. The van der Waals surface area contributed by atoms with E-state index < -0.39 is 24.4 Å². The van der Waals surface area contributed by atoms with Gasteiger partial charge >= 0.3 is 12.2 Å². The van der Waals surface area contributed by atoms with E-state index in [1.165, 1.54) is 0 Å². The fraction of sp³-hybridized carbons (Fsp3) is 0.500. The molecule has 7 fully saturated rings. The molecule has 6 saturated heterocycles. The molecule has 316 valence electrons. The Morgan fingerprint density at radius 1 is 0.683 bits per heavy atom. The van der Waals surface area contributed by atoms with Gasteiger partial charge in [-0.05, 0) is 124 Å². The predicted molar refractivity (Wildman–Crippen MR) is 231 cm³/mol. The fourth-order valence-corrected chi connectivity index (χ4v) is 11.2. The second kappa shape index (κ2) is 17.4. The van der Waals surface area contributed by atoms with Gasteiger partial charge in [-0.25, -0.2) is 9.59 Å². The standard InChI is InChI=1S/C48H58N6O6/c1-5-29-27-53-21-17-31(29)23-43(53)45(35-15-19-49-39-13-11-33(57-3)25-37(35)39)59-47(55)51-41-9-7-8-10-42(41)52-48(56)60-46(44-24-32-18-22-54(44)28-30(32)6-2)36-16-20-50-40-14-12-34(58-4)26-38(36)40/h5-6,11-16,19-20,25-26,29-32,41-46H,1-2,7-10,17-18,21-24,27-28H2,3-4H3,(H,51,55)(H,52,56)/t29-,30-,31-,32-,41+,42+,43+,44+,45-,46-/m0/s1. The third kappa shape index (κ3) is 7.91. The smallest absolute Gasteiger partial charge is 0.408 e. The van der Waals surface area contributed by atoms with Crippen LogP contribution in [0.1, 0.15) is 74.7 Å². The highest BCUT2D eigenvalue weighted by Crippen LogP contribution is 2.45. The zero-order valence-corrected chi connectivity index (χ0v) is 34.8. The quantitative estimate of drug-likeness (QED) is 0.135. The third-order valence-electron chi connectivity index (χ3n) is 14.4. The van der Waals surface area contributed by atoms with Crippen LogP contribution < -0.4 is 20.1 Å². The van der Waals surface area contributed by atoms with Gasteiger partial charge in [0.1, 0.15) is 23.7 Å². The number of fused-ring (bicyclic) bond motifs is 8. The van der Waals surface area contributed by atoms with E-state index in [2.05, 4.69) is 55.7 Å². The molecule has 0 spiro atoms. The molecule has 12 nitrogen and oxygen atoms in total. The highest BCUT2D eigenvalue weighted by molar-refractivity contribution is 5.85. The lowest BCUT2D eigenvalue weighted by Gasteiger charge is -2.51. The molecule has 8 heterocycles.